The summed E-state index contributed by atoms with van der Waals surface area (Å²) in [6, 6.07) is 6.94. The molecule has 0 saturated carbocycles. The van der Waals surface area contributed by atoms with E-state index in [1.54, 1.807) is 20.8 Å². The zero-order valence-electron chi connectivity index (χ0n) is 25.5. The number of H-pyrrole nitrogens is 1. The molecule has 1 aromatic carbocycles. The number of carbonyl (C=O) groups is 4. The summed E-state index contributed by atoms with van der Waals surface area (Å²) in [5.74, 6) is -0.866. The van der Waals surface area contributed by atoms with Gasteiger partial charge in [-0.3, -0.25) is 19.2 Å². The van der Waals surface area contributed by atoms with Gasteiger partial charge in [-0.1, -0.05) is 19.4 Å². The highest BCUT2D eigenvalue weighted by Crippen LogP contribution is 2.27. The van der Waals surface area contributed by atoms with Crippen LogP contribution in [0.2, 0.25) is 0 Å². The molecule has 238 valence electrons. The molecule has 1 fully saturated rings. The molecule has 0 radical (unpaired) electrons. The van der Waals surface area contributed by atoms with Gasteiger partial charge in [0.15, 0.2) is 6.61 Å². The van der Waals surface area contributed by atoms with Crippen molar-refractivity contribution in [2.24, 2.45) is 0 Å². The number of carbonyl (C=O) groups excluding carboxylic acids is 4. The van der Waals surface area contributed by atoms with Crippen LogP contribution in [0.25, 0.3) is 10.9 Å². The molecule has 0 unspecified atom stereocenters. The van der Waals surface area contributed by atoms with Crippen molar-refractivity contribution in [3.05, 3.63) is 63.5 Å². The van der Waals surface area contributed by atoms with Crippen molar-refractivity contribution in [3.63, 3.8) is 0 Å². The van der Waals surface area contributed by atoms with Crippen LogP contribution in [0.3, 0.4) is 0 Å². The minimum Gasteiger partial charge on any atom is -0.483 e. The van der Waals surface area contributed by atoms with Gasteiger partial charge in [0.2, 0.25) is 5.91 Å². The maximum Gasteiger partial charge on any atom is 0.409 e. The highest BCUT2D eigenvalue weighted by molar-refractivity contribution is 5.98. The fourth-order valence-corrected chi connectivity index (χ4v) is 5.23. The Morgan fingerprint density at radius 2 is 1.78 bits per heavy atom. The minimum absolute atomic E-state index is 0.0347. The normalized spacial score (nSPS) is 14.6. The van der Waals surface area contributed by atoms with E-state index < -0.39 is 5.91 Å². The molecular weight excluding hydrogens is 582 g/mol. The Morgan fingerprint density at radius 1 is 1.00 bits per heavy atom. The average molecular weight is 620 g/mol. The highest BCUT2D eigenvalue weighted by atomic mass is 16.6. The summed E-state index contributed by atoms with van der Waals surface area (Å²) in [4.78, 5) is 79.3. The van der Waals surface area contributed by atoms with Crippen LogP contribution >= 0.6 is 0 Å². The number of aromatic nitrogens is 3. The largest absolute Gasteiger partial charge is 0.483 e. The number of benzene rings is 1. The predicted molar refractivity (Wildman–Crippen MR) is 163 cm³/mol. The Balaban J connectivity index is 1.19. The lowest BCUT2D eigenvalue weighted by atomic mass is 10.1. The minimum atomic E-state index is -0.569. The van der Waals surface area contributed by atoms with Crippen molar-refractivity contribution in [1.29, 1.82) is 0 Å². The lowest BCUT2D eigenvalue weighted by Gasteiger charge is -2.34. The maximum atomic E-state index is 13.1. The van der Waals surface area contributed by atoms with Gasteiger partial charge in [-0.25, -0.2) is 14.8 Å². The lowest BCUT2D eigenvalue weighted by Crippen LogP contribution is -2.52. The second kappa shape index (κ2) is 14.2. The van der Waals surface area contributed by atoms with Crippen LogP contribution in [0.5, 0.6) is 5.75 Å². The summed E-state index contributed by atoms with van der Waals surface area (Å²) in [5.41, 5.74) is 2.33. The molecule has 3 aromatic rings. The first-order chi connectivity index (χ1) is 21.7. The van der Waals surface area contributed by atoms with E-state index in [-0.39, 0.29) is 48.9 Å². The summed E-state index contributed by atoms with van der Waals surface area (Å²) in [6.07, 6.45) is 3.18. The van der Waals surface area contributed by atoms with E-state index in [1.165, 1.54) is 12.4 Å². The molecule has 2 N–H and O–H groups in total. The number of rotatable bonds is 9. The van der Waals surface area contributed by atoms with Crippen LogP contribution in [0.1, 0.15) is 47.1 Å². The van der Waals surface area contributed by atoms with Gasteiger partial charge < -0.3 is 34.5 Å². The first-order valence-electron chi connectivity index (χ1n) is 15.1. The standard InChI is InChI=1S/C31H37N7O7/c1-3-4-13-44-31(43)37-11-9-36(10-12-37)27(39)16-32-30(42)25-15-26(21-6-5-20(2)14-24(21)35-25)45-18-28(40)38-8-7-23-22(17-38)29(41)34-19-33-23/h5-6,14-15,19H,3-4,7-13,16-18H2,1-2H3,(H,32,42)(H,33,34,41). The molecule has 2 aromatic heterocycles. The van der Waals surface area contributed by atoms with E-state index in [0.717, 1.165) is 18.4 Å². The number of nitrogens with zero attached hydrogens (tertiary/aromatic N) is 5. The summed E-state index contributed by atoms with van der Waals surface area (Å²) in [7, 11) is 0. The van der Waals surface area contributed by atoms with Crippen molar-refractivity contribution < 1.29 is 28.7 Å². The zero-order valence-corrected chi connectivity index (χ0v) is 25.5. The van der Waals surface area contributed by atoms with Crippen molar-refractivity contribution in [3.8, 4) is 5.75 Å². The monoisotopic (exact) mass is 619 g/mol. The van der Waals surface area contributed by atoms with Gasteiger partial charge in [-0.2, -0.15) is 0 Å². The van der Waals surface area contributed by atoms with Crippen LogP contribution in [0, 0.1) is 6.92 Å². The predicted octanol–water partition coefficient (Wildman–Crippen LogP) is 1.40. The molecule has 14 heteroatoms. The number of aromatic amines is 1. The molecule has 2 aliphatic heterocycles. The van der Waals surface area contributed by atoms with Crippen LogP contribution < -0.4 is 15.6 Å². The number of amides is 4. The number of fused-ring (bicyclic) bond motifs is 2. The van der Waals surface area contributed by atoms with Gasteiger partial charge in [0, 0.05) is 50.6 Å². The van der Waals surface area contributed by atoms with E-state index in [9.17, 15) is 24.0 Å². The van der Waals surface area contributed by atoms with E-state index in [4.69, 9.17) is 9.47 Å². The second-order valence-electron chi connectivity index (χ2n) is 11.1. The molecule has 0 atom stereocenters. The molecule has 0 aliphatic carbocycles. The smallest absolute Gasteiger partial charge is 0.409 e. The third kappa shape index (κ3) is 7.56. The number of aryl methyl sites for hydroxylation is 1. The third-order valence-electron chi connectivity index (χ3n) is 7.88. The van der Waals surface area contributed by atoms with Crippen molar-refractivity contribution in [2.75, 3.05) is 52.5 Å². The van der Waals surface area contributed by atoms with Crippen molar-refractivity contribution in [1.82, 2.24) is 35.0 Å². The molecule has 0 spiro atoms. The third-order valence-corrected chi connectivity index (χ3v) is 7.88. The Kier molecular flexibility index (Phi) is 9.90. The molecule has 4 amide bonds. The quantitative estimate of drug-likeness (QED) is 0.337. The lowest BCUT2D eigenvalue weighted by molar-refractivity contribution is -0.134. The summed E-state index contributed by atoms with van der Waals surface area (Å²) >= 11 is 0. The molecule has 1 saturated heterocycles. The number of ether oxygens (including phenoxy) is 2. The Hall–Kier alpha value is -5.01. The van der Waals surface area contributed by atoms with Gasteiger partial charge in [-0.05, 0) is 31.0 Å². The number of pyridine rings is 1. The Labute approximate surface area is 259 Å². The summed E-state index contributed by atoms with van der Waals surface area (Å²) < 4.78 is 11.2. The molecule has 5 rings (SSSR count). The molecule has 4 heterocycles. The van der Waals surface area contributed by atoms with Gasteiger partial charge in [0.1, 0.15) is 11.4 Å². The van der Waals surface area contributed by atoms with E-state index in [0.29, 0.717) is 73.7 Å². The van der Waals surface area contributed by atoms with Crippen molar-refractivity contribution in [2.45, 2.75) is 39.7 Å². The summed E-state index contributed by atoms with van der Waals surface area (Å²) in [5, 5.41) is 3.26. The highest BCUT2D eigenvalue weighted by Gasteiger charge is 2.26. The Bertz CT molecular complexity index is 1650. The van der Waals surface area contributed by atoms with Crippen molar-refractivity contribution >= 4 is 34.7 Å². The molecule has 2 aliphatic rings. The van der Waals surface area contributed by atoms with Crippen LogP contribution in [0.4, 0.5) is 4.79 Å². The number of piperazine rings is 1. The molecular formula is C31H37N7O7. The fourth-order valence-electron chi connectivity index (χ4n) is 5.23. The molecule has 45 heavy (non-hydrogen) atoms. The van der Waals surface area contributed by atoms with Gasteiger partial charge >= 0.3 is 6.09 Å². The fraction of sp³-hybridized carbons (Fsp3) is 0.452. The topological polar surface area (TPSA) is 167 Å². The summed E-state index contributed by atoms with van der Waals surface area (Å²) in [6.45, 7) is 5.66. The average Bonchev–Trinajstić information content (AvgIpc) is 3.05. The maximum absolute atomic E-state index is 13.1. The zero-order chi connectivity index (χ0) is 31.9. The second-order valence-corrected chi connectivity index (χ2v) is 11.1. The number of hydrogen-bond acceptors (Lipinski definition) is 9. The number of hydrogen-bond donors (Lipinski definition) is 2. The van der Waals surface area contributed by atoms with Gasteiger partial charge in [-0.15, -0.1) is 0 Å². The first kappa shape index (κ1) is 31.4. The molecule has 14 nitrogen and oxygen atoms in total. The van der Waals surface area contributed by atoms with Crippen LogP contribution in [0.15, 0.2) is 35.4 Å². The number of nitrogens with one attached hydrogen (secondary N) is 2. The first-order valence-corrected chi connectivity index (χ1v) is 15.1. The van der Waals surface area contributed by atoms with Crippen LogP contribution in [-0.2, 0) is 27.3 Å². The van der Waals surface area contributed by atoms with E-state index in [2.05, 4.69) is 20.3 Å². The Morgan fingerprint density at radius 3 is 2.56 bits per heavy atom. The van der Waals surface area contributed by atoms with Gasteiger partial charge in [0.25, 0.3) is 17.4 Å². The molecule has 0 bridgehead atoms. The van der Waals surface area contributed by atoms with E-state index >= 15 is 0 Å². The van der Waals surface area contributed by atoms with E-state index in [1.807, 2.05) is 26.0 Å². The SMILES string of the molecule is CCCCOC(=O)N1CCN(C(=O)CNC(=O)c2cc(OCC(=O)N3CCc4nc[nH]c(=O)c4C3)c3ccc(C)cc3n2)CC1. The number of unbranched alkanes of at least 4 members (excludes halogenated alkanes) is 1. The van der Waals surface area contributed by atoms with Crippen LogP contribution in [-0.4, -0.2) is 106 Å². The van der Waals surface area contributed by atoms with Gasteiger partial charge in [0.05, 0.1) is 42.8 Å².